The van der Waals surface area contributed by atoms with Crippen LogP contribution in [0.4, 0.5) is 5.82 Å². The molecule has 0 saturated heterocycles. The van der Waals surface area contributed by atoms with Gasteiger partial charge in [0.15, 0.2) is 11.5 Å². The van der Waals surface area contributed by atoms with Crippen molar-refractivity contribution >= 4 is 32.9 Å². The summed E-state index contributed by atoms with van der Waals surface area (Å²) in [5, 5.41) is 3.39. The second-order valence-corrected chi connectivity index (χ2v) is 7.04. The smallest absolute Gasteiger partial charge is 0.166 e. The molecule has 4 rings (SSSR count). The number of aryl methyl sites for hydroxylation is 1. The van der Waals surface area contributed by atoms with E-state index >= 15 is 0 Å². The average molecular weight is 387 g/mol. The summed E-state index contributed by atoms with van der Waals surface area (Å²) in [6, 6.07) is 4.49. The number of aromatic nitrogens is 5. The van der Waals surface area contributed by atoms with Crippen molar-refractivity contribution in [2.75, 3.05) is 5.32 Å². The van der Waals surface area contributed by atoms with Crippen molar-refractivity contribution in [2.24, 2.45) is 0 Å². The third kappa shape index (κ3) is 3.00. The molecule has 6 nitrogen and oxygen atoms in total. The summed E-state index contributed by atoms with van der Waals surface area (Å²) in [6.45, 7) is 2.58. The van der Waals surface area contributed by atoms with Crippen LogP contribution >= 0.6 is 15.9 Å². The summed E-state index contributed by atoms with van der Waals surface area (Å²) in [5.41, 5.74) is 2.88. The minimum atomic E-state index is 0.521. The number of fused-ring (bicyclic) bond motifs is 1. The first-order chi connectivity index (χ1) is 11.7. The van der Waals surface area contributed by atoms with Gasteiger partial charge in [-0.15, -0.1) is 0 Å². The lowest BCUT2D eigenvalue weighted by molar-refractivity contribution is 0.528. The number of nitrogens with one attached hydrogen (secondary N) is 1. The Hall–Kier alpha value is -2.02. The standard InChI is InChI=1S/C17H19BrN6/c1-11-22-16(20-9-12-6-7-14(18)19-8-12)15-17(23-11)24(10-21-15)13-4-2-3-5-13/h6-8,10,13H,2-5,9H2,1H3,(H,20,22,23). The van der Waals surface area contributed by atoms with Gasteiger partial charge in [0.1, 0.15) is 15.9 Å². The minimum absolute atomic E-state index is 0.521. The molecule has 0 aromatic carbocycles. The van der Waals surface area contributed by atoms with Crippen LogP contribution in [0.3, 0.4) is 0 Å². The maximum absolute atomic E-state index is 4.64. The van der Waals surface area contributed by atoms with Crippen LogP contribution in [0.25, 0.3) is 11.2 Å². The van der Waals surface area contributed by atoms with E-state index in [1.54, 1.807) is 0 Å². The van der Waals surface area contributed by atoms with E-state index in [0.29, 0.717) is 12.6 Å². The highest BCUT2D eigenvalue weighted by molar-refractivity contribution is 9.10. The van der Waals surface area contributed by atoms with E-state index < -0.39 is 0 Å². The van der Waals surface area contributed by atoms with E-state index in [4.69, 9.17) is 0 Å². The lowest BCUT2D eigenvalue weighted by Gasteiger charge is -2.12. The van der Waals surface area contributed by atoms with E-state index in [1.165, 1.54) is 25.7 Å². The summed E-state index contributed by atoms with van der Waals surface area (Å²) in [4.78, 5) is 18.0. The van der Waals surface area contributed by atoms with Gasteiger partial charge in [-0.3, -0.25) is 0 Å². The molecule has 0 amide bonds. The Kier molecular flexibility index (Phi) is 4.18. The predicted octanol–water partition coefficient (Wildman–Crippen LogP) is 4.02. The summed E-state index contributed by atoms with van der Waals surface area (Å²) >= 11 is 3.35. The van der Waals surface area contributed by atoms with Gasteiger partial charge in [0.05, 0.1) is 6.33 Å². The second-order valence-electron chi connectivity index (χ2n) is 6.22. The van der Waals surface area contributed by atoms with Crippen molar-refractivity contribution in [1.82, 2.24) is 24.5 Å². The van der Waals surface area contributed by atoms with Gasteiger partial charge in [-0.2, -0.15) is 0 Å². The number of halogens is 1. The first-order valence-electron chi connectivity index (χ1n) is 8.26. The van der Waals surface area contributed by atoms with Crippen molar-refractivity contribution in [1.29, 1.82) is 0 Å². The summed E-state index contributed by atoms with van der Waals surface area (Å²) < 4.78 is 3.06. The van der Waals surface area contributed by atoms with Crippen LogP contribution in [0.15, 0.2) is 29.3 Å². The second kappa shape index (κ2) is 6.47. The molecule has 1 aliphatic carbocycles. The van der Waals surface area contributed by atoms with Crippen LogP contribution in [0.2, 0.25) is 0 Å². The molecule has 1 aliphatic rings. The molecule has 24 heavy (non-hydrogen) atoms. The lowest BCUT2D eigenvalue weighted by atomic mass is 10.2. The topological polar surface area (TPSA) is 68.5 Å². The van der Waals surface area contributed by atoms with Crippen LogP contribution < -0.4 is 5.32 Å². The zero-order chi connectivity index (χ0) is 16.5. The van der Waals surface area contributed by atoms with E-state index in [-0.39, 0.29) is 0 Å². The van der Waals surface area contributed by atoms with Crippen LogP contribution in [0.5, 0.6) is 0 Å². The molecule has 124 valence electrons. The molecular formula is C17H19BrN6. The van der Waals surface area contributed by atoms with E-state index in [0.717, 1.165) is 33.0 Å². The monoisotopic (exact) mass is 386 g/mol. The van der Waals surface area contributed by atoms with Gasteiger partial charge in [-0.25, -0.2) is 19.9 Å². The predicted molar refractivity (Wildman–Crippen MR) is 96.8 cm³/mol. The Labute approximate surface area is 148 Å². The number of hydrogen-bond donors (Lipinski definition) is 1. The normalized spacial score (nSPS) is 15.2. The van der Waals surface area contributed by atoms with Gasteiger partial charge in [-0.05, 0) is 47.3 Å². The molecule has 0 unspecified atom stereocenters. The summed E-state index contributed by atoms with van der Waals surface area (Å²) in [7, 11) is 0. The SMILES string of the molecule is Cc1nc(NCc2ccc(Br)nc2)c2ncn(C3CCCC3)c2n1. The lowest BCUT2D eigenvalue weighted by Crippen LogP contribution is -2.07. The van der Waals surface area contributed by atoms with Gasteiger partial charge in [-0.1, -0.05) is 18.9 Å². The Morgan fingerprint density at radius 3 is 2.79 bits per heavy atom. The first kappa shape index (κ1) is 15.5. The number of hydrogen-bond acceptors (Lipinski definition) is 5. The molecule has 7 heteroatoms. The third-order valence-electron chi connectivity index (χ3n) is 4.50. The molecule has 3 aromatic rings. The molecule has 3 heterocycles. The van der Waals surface area contributed by atoms with Crippen molar-refractivity contribution in [3.05, 3.63) is 40.6 Å². The van der Waals surface area contributed by atoms with Gasteiger partial charge in [0, 0.05) is 18.8 Å². The van der Waals surface area contributed by atoms with Crippen molar-refractivity contribution in [3.63, 3.8) is 0 Å². The number of nitrogens with zero attached hydrogens (tertiary/aromatic N) is 5. The highest BCUT2D eigenvalue weighted by atomic mass is 79.9. The molecule has 1 N–H and O–H groups in total. The number of pyridine rings is 1. The fourth-order valence-electron chi connectivity index (χ4n) is 3.30. The summed E-state index contributed by atoms with van der Waals surface area (Å²) in [5.74, 6) is 1.55. The van der Waals surface area contributed by atoms with Crippen molar-refractivity contribution in [2.45, 2.75) is 45.2 Å². The fraction of sp³-hybridized carbons (Fsp3) is 0.412. The van der Waals surface area contributed by atoms with Gasteiger partial charge in [0.2, 0.25) is 0 Å². The summed E-state index contributed by atoms with van der Waals surface area (Å²) in [6.07, 6.45) is 8.76. The average Bonchev–Trinajstić information content (AvgIpc) is 3.22. The molecule has 0 bridgehead atoms. The minimum Gasteiger partial charge on any atom is -0.364 e. The maximum atomic E-state index is 4.64. The van der Waals surface area contributed by atoms with Crippen LogP contribution in [-0.2, 0) is 6.54 Å². The fourth-order valence-corrected chi connectivity index (χ4v) is 3.53. The molecular weight excluding hydrogens is 368 g/mol. The van der Waals surface area contributed by atoms with Gasteiger partial charge in [0.25, 0.3) is 0 Å². The first-order valence-corrected chi connectivity index (χ1v) is 9.05. The maximum Gasteiger partial charge on any atom is 0.166 e. The highest BCUT2D eigenvalue weighted by Gasteiger charge is 2.21. The van der Waals surface area contributed by atoms with E-state index in [1.807, 2.05) is 31.6 Å². The van der Waals surface area contributed by atoms with E-state index in [2.05, 4.69) is 45.7 Å². The zero-order valence-corrected chi connectivity index (χ0v) is 15.1. The molecule has 0 radical (unpaired) electrons. The van der Waals surface area contributed by atoms with Crippen LogP contribution in [0.1, 0.15) is 43.1 Å². The third-order valence-corrected chi connectivity index (χ3v) is 4.97. The Bertz CT molecular complexity index is 851. The molecule has 0 atom stereocenters. The van der Waals surface area contributed by atoms with Crippen LogP contribution in [0, 0.1) is 6.92 Å². The van der Waals surface area contributed by atoms with Crippen molar-refractivity contribution < 1.29 is 0 Å². The van der Waals surface area contributed by atoms with Crippen molar-refractivity contribution in [3.8, 4) is 0 Å². The van der Waals surface area contributed by atoms with Gasteiger partial charge < -0.3 is 9.88 Å². The number of imidazole rings is 1. The Balaban J connectivity index is 1.63. The van der Waals surface area contributed by atoms with Crippen LogP contribution in [-0.4, -0.2) is 24.5 Å². The highest BCUT2D eigenvalue weighted by Crippen LogP contribution is 2.32. The molecule has 3 aromatic heterocycles. The number of anilines is 1. The molecule has 0 spiro atoms. The number of rotatable bonds is 4. The quantitative estimate of drug-likeness (QED) is 0.685. The van der Waals surface area contributed by atoms with Gasteiger partial charge >= 0.3 is 0 Å². The molecule has 1 fully saturated rings. The zero-order valence-electron chi connectivity index (χ0n) is 13.5. The Morgan fingerprint density at radius 2 is 2.04 bits per heavy atom. The molecule has 0 aliphatic heterocycles. The largest absolute Gasteiger partial charge is 0.364 e. The van der Waals surface area contributed by atoms with E-state index in [9.17, 15) is 0 Å². The Morgan fingerprint density at radius 1 is 1.21 bits per heavy atom. The molecule has 1 saturated carbocycles.